The Morgan fingerprint density at radius 2 is 1.94 bits per heavy atom. The average Bonchev–Trinajstić information content (AvgIpc) is 2.54. The molecule has 98 valence electrons. The minimum absolute atomic E-state index is 0.0303. The molecule has 1 spiro atoms. The molecule has 0 amide bonds. The summed E-state index contributed by atoms with van der Waals surface area (Å²) in [5, 5.41) is 0. The molecule has 0 bridgehead atoms. The van der Waals surface area contributed by atoms with Gasteiger partial charge in [-0.15, -0.1) is 0 Å². The molecular weight excluding hydrogens is 228 g/mol. The largest absolute Gasteiger partial charge is 0.454 e. The number of Topliss-reactive ketones (excluding diaryl/α,β-unsaturated/α-hetero) is 1. The zero-order chi connectivity index (χ0) is 13.1. The van der Waals surface area contributed by atoms with Crippen molar-refractivity contribution in [1.82, 2.24) is 0 Å². The number of ketones is 1. The molecule has 2 aliphatic carbocycles. The van der Waals surface area contributed by atoms with Gasteiger partial charge in [-0.25, -0.2) is 0 Å². The van der Waals surface area contributed by atoms with Gasteiger partial charge in [-0.3, -0.25) is 9.59 Å². The molecule has 3 rings (SSSR count). The van der Waals surface area contributed by atoms with Crippen molar-refractivity contribution in [3.05, 3.63) is 11.6 Å². The van der Waals surface area contributed by atoms with Gasteiger partial charge in [0.15, 0.2) is 5.78 Å². The Morgan fingerprint density at radius 1 is 1.22 bits per heavy atom. The SMILES string of the molecule is CC1=C[C@@]23OC(=O)[C@H](C)[C@@H]2CC[C@@H](C)[C@@H]3CC1=O. The normalized spacial score (nSPS) is 47.2. The third-order valence-corrected chi connectivity index (χ3v) is 5.32. The van der Waals surface area contributed by atoms with Crippen LogP contribution in [0.4, 0.5) is 0 Å². The summed E-state index contributed by atoms with van der Waals surface area (Å²) in [6, 6.07) is 0. The van der Waals surface area contributed by atoms with Crippen molar-refractivity contribution in [3.8, 4) is 0 Å². The third kappa shape index (κ3) is 1.36. The molecule has 2 fully saturated rings. The fraction of sp³-hybridized carbons (Fsp3) is 0.733. The van der Waals surface area contributed by atoms with E-state index in [4.69, 9.17) is 4.74 Å². The smallest absolute Gasteiger partial charge is 0.309 e. The Bertz CT molecular complexity index is 451. The van der Waals surface area contributed by atoms with Crippen LogP contribution in [0.3, 0.4) is 0 Å². The molecule has 0 aromatic rings. The van der Waals surface area contributed by atoms with Crippen molar-refractivity contribution in [2.75, 3.05) is 0 Å². The molecule has 5 atom stereocenters. The van der Waals surface area contributed by atoms with Crippen LogP contribution in [0.25, 0.3) is 0 Å². The van der Waals surface area contributed by atoms with Crippen molar-refractivity contribution in [2.24, 2.45) is 23.7 Å². The second kappa shape index (κ2) is 3.69. The maximum absolute atomic E-state index is 11.9. The van der Waals surface area contributed by atoms with E-state index in [1.165, 1.54) is 0 Å². The van der Waals surface area contributed by atoms with Crippen molar-refractivity contribution < 1.29 is 14.3 Å². The van der Waals surface area contributed by atoms with Crippen LogP contribution in [0.2, 0.25) is 0 Å². The van der Waals surface area contributed by atoms with Crippen LogP contribution in [0.5, 0.6) is 0 Å². The molecular formula is C15H20O3. The number of hydrogen-bond donors (Lipinski definition) is 0. The Labute approximate surface area is 108 Å². The fourth-order valence-electron chi connectivity index (χ4n) is 4.20. The second-order valence-electron chi connectivity index (χ2n) is 6.29. The summed E-state index contributed by atoms with van der Waals surface area (Å²) in [7, 11) is 0. The van der Waals surface area contributed by atoms with Gasteiger partial charge in [0.1, 0.15) is 5.60 Å². The molecule has 0 unspecified atom stereocenters. The first-order valence-corrected chi connectivity index (χ1v) is 6.91. The lowest BCUT2D eigenvalue weighted by atomic mass is 9.58. The second-order valence-corrected chi connectivity index (χ2v) is 6.29. The van der Waals surface area contributed by atoms with Crippen molar-refractivity contribution >= 4 is 11.8 Å². The van der Waals surface area contributed by atoms with Crippen LogP contribution >= 0.6 is 0 Å². The lowest BCUT2D eigenvalue weighted by molar-refractivity contribution is -0.156. The van der Waals surface area contributed by atoms with E-state index in [1.54, 1.807) is 0 Å². The van der Waals surface area contributed by atoms with Gasteiger partial charge in [0.05, 0.1) is 5.92 Å². The Kier molecular flexibility index (Phi) is 2.45. The molecule has 3 nitrogen and oxygen atoms in total. The molecule has 1 saturated heterocycles. The van der Waals surface area contributed by atoms with Gasteiger partial charge < -0.3 is 4.74 Å². The highest BCUT2D eigenvalue weighted by Gasteiger charge is 2.61. The molecule has 1 heterocycles. The number of ether oxygens (including phenoxy) is 1. The molecule has 0 N–H and O–H groups in total. The molecule has 0 aromatic heterocycles. The highest BCUT2D eigenvalue weighted by Crippen LogP contribution is 2.55. The number of allylic oxidation sites excluding steroid dienone is 1. The van der Waals surface area contributed by atoms with E-state index in [1.807, 2.05) is 19.9 Å². The highest BCUT2D eigenvalue weighted by atomic mass is 16.6. The highest BCUT2D eigenvalue weighted by molar-refractivity contribution is 5.96. The quantitative estimate of drug-likeness (QED) is 0.619. The van der Waals surface area contributed by atoms with Crippen molar-refractivity contribution in [2.45, 2.75) is 45.6 Å². The number of carbonyl (C=O) groups is 2. The van der Waals surface area contributed by atoms with E-state index < -0.39 is 5.60 Å². The molecule has 18 heavy (non-hydrogen) atoms. The van der Waals surface area contributed by atoms with Gasteiger partial charge in [0.25, 0.3) is 0 Å². The Hall–Kier alpha value is -1.12. The number of hydrogen-bond acceptors (Lipinski definition) is 3. The number of rotatable bonds is 0. The lowest BCUT2D eigenvalue weighted by Crippen LogP contribution is -2.52. The lowest BCUT2D eigenvalue weighted by Gasteiger charge is -2.48. The maximum atomic E-state index is 11.9. The van der Waals surface area contributed by atoms with Gasteiger partial charge in [-0.1, -0.05) is 13.8 Å². The minimum Gasteiger partial charge on any atom is -0.454 e. The first-order valence-electron chi connectivity index (χ1n) is 6.91. The third-order valence-electron chi connectivity index (χ3n) is 5.32. The topological polar surface area (TPSA) is 43.4 Å². The summed E-state index contributed by atoms with van der Waals surface area (Å²) in [5.74, 6) is 0.992. The van der Waals surface area contributed by atoms with Crippen LogP contribution in [0.15, 0.2) is 11.6 Å². The van der Waals surface area contributed by atoms with Crippen LogP contribution in [0, 0.1) is 23.7 Å². The van der Waals surface area contributed by atoms with E-state index in [-0.39, 0.29) is 29.5 Å². The molecule has 0 radical (unpaired) electrons. The van der Waals surface area contributed by atoms with E-state index in [2.05, 4.69) is 6.92 Å². The van der Waals surface area contributed by atoms with Gasteiger partial charge >= 0.3 is 5.97 Å². The number of carbonyl (C=O) groups excluding carboxylic acids is 2. The molecule has 1 saturated carbocycles. The van der Waals surface area contributed by atoms with Gasteiger partial charge in [-0.2, -0.15) is 0 Å². The van der Waals surface area contributed by atoms with E-state index in [0.717, 1.165) is 18.4 Å². The summed E-state index contributed by atoms with van der Waals surface area (Å²) in [5.41, 5.74) is 0.291. The Morgan fingerprint density at radius 3 is 2.67 bits per heavy atom. The first kappa shape index (κ1) is 11.9. The minimum atomic E-state index is -0.480. The molecule has 3 heteroatoms. The summed E-state index contributed by atoms with van der Waals surface area (Å²) in [6.07, 6.45) is 4.63. The number of esters is 1. The van der Waals surface area contributed by atoms with Crippen LogP contribution in [-0.2, 0) is 14.3 Å². The van der Waals surface area contributed by atoms with Crippen molar-refractivity contribution in [3.63, 3.8) is 0 Å². The van der Waals surface area contributed by atoms with Crippen molar-refractivity contribution in [1.29, 1.82) is 0 Å². The standard InChI is InChI=1S/C15H20O3/c1-8-4-5-11-10(3)14(17)18-15(11)7-9(2)13(16)6-12(8)15/h7-8,10-12H,4-6H2,1-3H3/t8-,10-,11+,12+,15-/m1/s1. The summed E-state index contributed by atoms with van der Waals surface area (Å²) < 4.78 is 5.79. The maximum Gasteiger partial charge on any atom is 0.309 e. The molecule has 1 aliphatic heterocycles. The van der Waals surface area contributed by atoms with Gasteiger partial charge in [0, 0.05) is 18.3 Å². The summed E-state index contributed by atoms with van der Waals surface area (Å²) in [6.45, 7) is 6.00. The monoisotopic (exact) mass is 248 g/mol. The predicted octanol–water partition coefficient (Wildman–Crippen LogP) is 2.50. The first-order chi connectivity index (χ1) is 8.45. The van der Waals surface area contributed by atoms with Gasteiger partial charge in [-0.05, 0) is 37.3 Å². The van der Waals surface area contributed by atoms with E-state index in [0.29, 0.717) is 12.3 Å². The zero-order valence-corrected chi connectivity index (χ0v) is 11.2. The van der Waals surface area contributed by atoms with Gasteiger partial charge in [0.2, 0.25) is 0 Å². The zero-order valence-electron chi connectivity index (χ0n) is 11.2. The molecule has 0 aromatic carbocycles. The Balaban J connectivity index is 2.11. The predicted molar refractivity (Wildman–Crippen MR) is 66.7 cm³/mol. The average molecular weight is 248 g/mol. The molecule has 3 aliphatic rings. The van der Waals surface area contributed by atoms with Crippen LogP contribution < -0.4 is 0 Å². The summed E-state index contributed by atoms with van der Waals surface area (Å²) in [4.78, 5) is 23.9. The van der Waals surface area contributed by atoms with E-state index in [9.17, 15) is 9.59 Å². The summed E-state index contributed by atoms with van der Waals surface area (Å²) >= 11 is 0. The van der Waals surface area contributed by atoms with Crippen LogP contribution in [0.1, 0.15) is 40.0 Å². The van der Waals surface area contributed by atoms with E-state index >= 15 is 0 Å². The van der Waals surface area contributed by atoms with Crippen LogP contribution in [-0.4, -0.2) is 17.4 Å². The fourth-order valence-corrected chi connectivity index (χ4v) is 4.20.